The van der Waals surface area contributed by atoms with Crippen molar-refractivity contribution in [2.45, 2.75) is 18.9 Å². The molecule has 1 aliphatic heterocycles. The van der Waals surface area contributed by atoms with Gasteiger partial charge in [0.2, 0.25) is 11.8 Å². The number of benzene rings is 1. The van der Waals surface area contributed by atoms with E-state index in [9.17, 15) is 18.8 Å². The number of nitrogens with one attached hydrogen (secondary N) is 2. The number of nitrogen functional groups attached to an aromatic ring is 1. The molecular weight excluding hydrogens is 381 g/mol. The molecule has 1 unspecified atom stereocenters. The van der Waals surface area contributed by atoms with E-state index in [4.69, 9.17) is 11.5 Å². The van der Waals surface area contributed by atoms with Gasteiger partial charge in [-0.3, -0.25) is 19.5 Å². The Hall–Kier alpha value is -4.02. The molecule has 11 heteroatoms. The molecule has 0 fully saturated rings. The maximum Gasteiger partial charge on any atom is 0.267 e. The van der Waals surface area contributed by atoms with Gasteiger partial charge in [0.1, 0.15) is 23.1 Å². The van der Waals surface area contributed by atoms with Crippen molar-refractivity contribution >= 4 is 23.5 Å². The molecule has 0 aliphatic carbocycles. The molecule has 0 radical (unpaired) electrons. The molecule has 1 atom stereocenters. The van der Waals surface area contributed by atoms with Gasteiger partial charge in [0, 0.05) is 11.6 Å². The van der Waals surface area contributed by atoms with Crippen molar-refractivity contribution in [3.8, 4) is 11.5 Å². The molecule has 6 N–H and O–H groups in total. The van der Waals surface area contributed by atoms with Gasteiger partial charge >= 0.3 is 0 Å². The first-order chi connectivity index (χ1) is 13.7. The summed E-state index contributed by atoms with van der Waals surface area (Å²) in [5.74, 6) is -2.04. The number of carbonyl (C=O) groups excluding carboxylic acids is 2. The highest BCUT2D eigenvalue weighted by atomic mass is 19.1. The lowest BCUT2D eigenvalue weighted by molar-refractivity contribution is -0.131. The van der Waals surface area contributed by atoms with Crippen molar-refractivity contribution in [1.29, 1.82) is 0 Å². The number of nitrogens with zero attached hydrogens (tertiary/aromatic N) is 3. The second-order valence-corrected chi connectivity index (χ2v) is 6.79. The number of anilines is 2. The van der Waals surface area contributed by atoms with Gasteiger partial charge in [-0.25, -0.2) is 19.0 Å². The zero-order chi connectivity index (χ0) is 20.9. The Bertz CT molecular complexity index is 1230. The Labute approximate surface area is 162 Å². The van der Waals surface area contributed by atoms with Crippen LogP contribution in [0.5, 0.6) is 0 Å². The molecule has 10 nitrogen and oxygen atoms in total. The van der Waals surface area contributed by atoms with Gasteiger partial charge in [0.05, 0.1) is 12.1 Å². The number of rotatable bonds is 4. The van der Waals surface area contributed by atoms with E-state index in [-0.39, 0.29) is 35.3 Å². The predicted molar refractivity (Wildman–Crippen MR) is 101 cm³/mol. The van der Waals surface area contributed by atoms with E-state index < -0.39 is 28.6 Å². The Morgan fingerprint density at radius 2 is 2.00 bits per heavy atom. The van der Waals surface area contributed by atoms with Crippen LogP contribution in [-0.4, -0.2) is 31.6 Å². The van der Waals surface area contributed by atoms with Crippen LogP contribution in [0.25, 0.3) is 11.5 Å². The number of hydrogen-bond acceptors (Lipinski definition) is 6. The average molecular weight is 397 g/mol. The molecule has 0 bridgehead atoms. The van der Waals surface area contributed by atoms with Gasteiger partial charge in [-0.05, 0) is 13.0 Å². The number of carbonyl (C=O) groups is 2. The summed E-state index contributed by atoms with van der Waals surface area (Å²) >= 11 is 0. The van der Waals surface area contributed by atoms with Crippen LogP contribution in [0.2, 0.25) is 0 Å². The summed E-state index contributed by atoms with van der Waals surface area (Å²) in [4.78, 5) is 44.7. The quantitative estimate of drug-likeness (QED) is 0.456. The number of aromatic nitrogens is 4. The van der Waals surface area contributed by atoms with E-state index >= 15 is 0 Å². The summed E-state index contributed by atoms with van der Waals surface area (Å²) in [5, 5.41) is 5.27. The highest BCUT2D eigenvalue weighted by Crippen LogP contribution is 2.40. The molecule has 3 heterocycles. The lowest BCUT2D eigenvalue weighted by Crippen LogP contribution is -2.44. The number of hydrogen-bond donors (Lipinski definition) is 4. The number of aromatic amines is 1. The van der Waals surface area contributed by atoms with Crippen molar-refractivity contribution in [1.82, 2.24) is 19.7 Å². The fraction of sp³-hybridized carbons (Fsp3) is 0.167. The van der Waals surface area contributed by atoms with Gasteiger partial charge < -0.3 is 16.8 Å². The first kappa shape index (κ1) is 18.3. The molecule has 2 aromatic heterocycles. The van der Waals surface area contributed by atoms with Crippen molar-refractivity contribution < 1.29 is 14.0 Å². The summed E-state index contributed by atoms with van der Waals surface area (Å²) < 4.78 is 15.1. The third-order valence-electron chi connectivity index (χ3n) is 4.93. The highest BCUT2D eigenvalue weighted by molar-refractivity contribution is 6.20. The summed E-state index contributed by atoms with van der Waals surface area (Å²) in [6.07, 6.45) is 0. The summed E-state index contributed by atoms with van der Waals surface area (Å²) in [6, 6.07) is 7.30. The second-order valence-electron chi connectivity index (χ2n) is 6.79. The van der Waals surface area contributed by atoms with Gasteiger partial charge in [0.15, 0.2) is 11.2 Å². The minimum atomic E-state index is -1.69. The monoisotopic (exact) mass is 397 g/mol. The molecule has 1 aliphatic rings. The van der Waals surface area contributed by atoms with Crippen LogP contribution >= 0.6 is 0 Å². The largest absolute Gasteiger partial charge is 0.383 e. The third kappa shape index (κ3) is 2.74. The molecule has 1 aromatic carbocycles. The van der Waals surface area contributed by atoms with Crippen molar-refractivity contribution in [3.05, 3.63) is 57.6 Å². The smallest absolute Gasteiger partial charge is 0.267 e. The normalized spacial score (nSPS) is 17.8. The average Bonchev–Trinajstić information content (AvgIpc) is 3.15. The first-order valence-electron chi connectivity index (χ1n) is 8.54. The summed E-state index contributed by atoms with van der Waals surface area (Å²) in [7, 11) is 0. The van der Waals surface area contributed by atoms with Gasteiger partial charge in [-0.15, -0.1) is 0 Å². The summed E-state index contributed by atoms with van der Waals surface area (Å²) in [5.41, 5.74) is 9.84. The maximum absolute atomic E-state index is 13.9. The lowest BCUT2D eigenvalue weighted by atomic mass is 9.84. The van der Waals surface area contributed by atoms with Crippen LogP contribution in [0, 0.1) is 5.82 Å². The second kappa shape index (κ2) is 6.26. The molecular formula is C18H16FN7O3. The summed E-state index contributed by atoms with van der Waals surface area (Å²) in [6.45, 7) is 1.31. The van der Waals surface area contributed by atoms with Crippen LogP contribution in [0.15, 0.2) is 35.1 Å². The Morgan fingerprint density at radius 3 is 2.69 bits per heavy atom. The van der Waals surface area contributed by atoms with Crippen molar-refractivity contribution in [2.75, 3.05) is 11.1 Å². The van der Waals surface area contributed by atoms with E-state index in [1.165, 1.54) is 23.7 Å². The van der Waals surface area contributed by atoms with Crippen LogP contribution in [0.1, 0.15) is 18.1 Å². The lowest BCUT2D eigenvalue weighted by Gasteiger charge is -2.18. The van der Waals surface area contributed by atoms with Crippen LogP contribution in [0.4, 0.5) is 16.0 Å². The van der Waals surface area contributed by atoms with E-state index in [0.29, 0.717) is 5.56 Å². The molecule has 148 valence electrons. The predicted octanol–water partition coefficient (Wildman–Crippen LogP) is 0.0981. The zero-order valence-electron chi connectivity index (χ0n) is 15.2. The Kier molecular flexibility index (Phi) is 3.96. The van der Waals surface area contributed by atoms with Crippen LogP contribution in [0.3, 0.4) is 0 Å². The Balaban J connectivity index is 1.75. The fourth-order valence-corrected chi connectivity index (χ4v) is 3.23. The SMILES string of the molecule is CC1(C(N)=O)C(=O)Nc2nc(-c3cc(=O)n(Cc4ccccc4F)[nH]3)nc(N)c21. The zero-order valence-corrected chi connectivity index (χ0v) is 15.2. The number of halogens is 1. The first-order valence-corrected chi connectivity index (χ1v) is 8.54. The molecule has 0 spiro atoms. The fourth-order valence-electron chi connectivity index (χ4n) is 3.23. The number of nitrogens with two attached hydrogens (primary N) is 2. The number of H-pyrrole nitrogens is 1. The number of amides is 2. The van der Waals surface area contributed by atoms with Crippen molar-refractivity contribution in [2.24, 2.45) is 5.73 Å². The molecule has 0 saturated carbocycles. The molecule has 29 heavy (non-hydrogen) atoms. The van der Waals surface area contributed by atoms with Crippen LogP contribution < -0.4 is 22.3 Å². The van der Waals surface area contributed by atoms with E-state index in [1.54, 1.807) is 18.2 Å². The van der Waals surface area contributed by atoms with Crippen molar-refractivity contribution in [3.63, 3.8) is 0 Å². The minimum Gasteiger partial charge on any atom is -0.383 e. The topological polar surface area (TPSA) is 162 Å². The molecule has 0 saturated heterocycles. The Morgan fingerprint density at radius 1 is 1.28 bits per heavy atom. The number of primary amides is 1. The third-order valence-corrected chi connectivity index (χ3v) is 4.93. The van der Waals surface area contributed by atoms with Gasteiger partial charge in [-0.1, -0.05) is 18.2 Å². The minimum absolute atomic E-state index is 0.0254. The van der Waals surface area contributed by atoms with E-state index in [0.717, 1.165) is 0 Å². The van der Waals surface area contributed by atoms with E-state index in [2.05, 4.69) is 20.4 Å². The maximum atomic E-state index is 13.9. The van der Waals surface area contributed by atoms with Gasteiger partial charge in [0.25, 0.3) is 5.56 Å². The number of fused-ring (bicyclic) bond motifs is 1. The molecule has 2 amide bonds. The standard InChI is InChI=1S/C18H16FN7O3/c1-18(16(21)28)12-13(20)22-14(23-15(12)24-17(18)29)10-6-11(27)26(25-10)7-8-4-2-3-5-9(8)19/h2-6,25H,7H2,1H3,(H2,21,28)(H3,20,22,23,24,29). The van der Waals surface area contributed by atoms with E-state index in [1.807, 2.05) is 0 Å². The van der Waals surface area contributed by atoms with Crippen LogP contribution in [-0.2, 0) is 21.5 Å². The molecule has 4 rings (SSSR count). The highest BCUT2D eigenvalue weighted by Gasteiger charge is 2.51. The molecule has 3 aromatic rings. The van der Waals surface area contributed by atoms with Gasteiger partial charge in [-0.2, -0.15) is 0 Å².